The molecule has 10 heteroatoms. The second kappa shape index (κ2) is 8.66. The second-order valence-corrected chi connectivity index (χ2v) is 10.8. The van der Waals surface area contributed by atoms with E-state index in [0.717, 1.165) is 23.3 Å². The number of sulfonamides is 1. The molecular formula is C21H21ClN4O3S2. The number of nitrogens with one attached hydrogen (secondary N) is 1. The van der Waals surface area contributed by atoms with Gasteiger partial charge < -0.3 is 5.32 Å². The molecule has 1 amide bonds. The Morgan fingerprint density at radius 2 is 2.00 bits per heavy atom. The number of hydrogen-bond donors (Lipinski definition) is 1. The van der Waals surface area contributed by atoms with E-state index in [-0.39, 0.29) is 5.01 Å². The summed E-state index contributed by atoms with van der Waals surface area (Å²) >= 11 is 7.06. The van der Waals surface area contributed by atoms with Gasteiger partial charge in [-0.3, -0.25) is 4.79 Å². The third-order valence-corrected chi connectivity index (χ3v) is 8.45. The third kappa shape index (κ3) is 4.50. The van der Waals surface area contributed by atoms with Gasteiger partial charge in [-0.2, -0.15) is 4.31 Å². The lowest BCUT2D eigenvalue weighted by Crippen LogP contribution is -2.31. The van der Waals surface area contributed by atoms with Crippen molar-refractivity contribution >= 4 is 44.6 Å². The fourth-order valence-corrected chi connectivity index (χ4v) is 6.71. The summed E-state index contributed by atoms with van der Waals surface area (Å²) in [4.78, 5) is 12.9. The highest BCUT2D eigenvalue weighted by Crippen LogP contribution is 2.38. The number of aromatic nitrogens is 2. The van der Waals surface area contributed by atoms with Crippen LogP contribution < -0.4 is 5.32 Å². The number of aryl methyl sites for hydroxylation is 2. The molecule has 1 saturated heterocycles. The van der Waals surface area contributed by atoms with E-state index in [1.165, 1.54) is 4.31 Å². The Morgan fingerprint density at radius 1 is 1.19 bits per heavy atom. The number of anilines is 1. The van der Waals surface area contributed by atoms with Crippen LogP contribution in [-0.4, -0.2) is 35.4 Å². The highest BCUT2D eigenvalue weighted by molar-refractivity contribution is 7.89. The molecule has 0 saturated carbocycles. The summed E-state index contributed by atoms with van der Waals surface area (Å²) in [5.41, 5.74) is 2.27. The van der Waals surface area contributed by atoms with E-state index in [4.69, 9.17) is 11.6 Å². The van der Waals surface area contributed by atoms with Gasteiger partial charge in [-0.05, 0) is 56.5 Å². The summed E-state index contributed by atoms with van der Waals surface area (Å²) < 4.78 is 28.2. The summed E-state index contributed by atoms with van der Waals surface area (Å²) in [5, 5.41) is 12.1. The molecule has 1 N–H and O–H groups in total. The Labute approximate surface area is 190 Å². The predicted molar refractivity (Wildman–Crippen MR) is 121 cm³/mol. The normalized spacial score (nSPS) is 17.1. The number of hydrogen-bond acceptors (Lipinski definition) is 6. The maximum atomic E-state index is 13.4. The summed E-state index contributed by atoms with van der Waals surface area (Å²) in [6, 6.07) is 11.7. The molecule has 0 bridgehead atoms. The van der Waals surface area contributed by atoms with Gasteiger partial charge in [0.05, 0.1) is 10.9 Å². The zero-order valence-corrected chi connectivity index (χ0v) is 19.4. The van der Waals surface area contributed by atoms with Gasteiger partial charge in [-0.1, -0.05) is 46.7 Å². The van der Waals surface area contributed by atoms with Crippen LogP contribution in [0.2, 0.25) is 5.02 Å². The molecule has 1 aliphatic heterocycles. The Hall–Kier alpha value is -2.33. The molecule has 0 radical (unpaired) electrons. The SMILES string of the molecule is Cc1ccc(S(=O)(=O)N2CCCC2c2nnc(C(=O)Nc3cccc(Cl)c3)s2)c(C)c1. The lowest BCUT2D eigenvalue weighted by molar-refractivity contribution is 0.102. The second-order valence-electron chi connectivity index (χ2n) is 7.45. The van der Waals surface area contributed by atoms with Crippen molar-refractivity contribution in [2.24, 2.45) is 0 Å². The highest BCUT2D eigenvalue weighted by atomic mass is 35.5. The number of amides is 1. The van der Waals surface area contributed by atoms with Gasteiger partial charge >= 0.3 is 0 Å². The first-order chi connectivity index (χ1) is 14.8. The van der Waals surface area contributed by atoms with Gasteiger partial charge in [0.1, 0.15) is 5.01 Å². The van der Waals surface area contributed by atoms with Crippen molar-refractivity contribution in [2.45, 2.75) is 37.6 Å². The standard InChI is InChI=1S/C21H21ClN4O3S2/c1-13-8-9-18(14(2)11-13)31(28,29)26-10-4-7-17(26)20-24-25-21(30-20)19(27)23-16-6-3-5-15(22)12-16/h3,5-6,8-9,11-12,17H,4,7,10H2,1-2H3,(H,23,27). The van der Waals surface area contributed by atoms with Crippen molar-refractivity contribution in [3.63, 3.8) is 0 Å². The van der Waals surface area contributed by atoms with Crippen molar-refractivity contribution in [1.82, 2.24) is 14.5 Å². The zero-order chi connectivity index (χ0) is 22.2. The van der Waals surface area contributed by atoms with E-state index < -0.39 is 22.0 Å². The van der Waals surface area contributed by atoms with Crippen LogP contribution in [0.4, 0.5) is 5.69 Å². The van der Waals surface area contributed by atoms with Crippen molar-refractivity contribution in [3.8, 4) is 0 Å². The van der Waals surface area contributed by atoms with Crippen LogP contribution in [0.5, 0.6) is 0 Å². The molecule has 2 aromatic carbocycles. The number of carbonyl (C=O) groups excluding carboxylic acids is 1. The molecule has 1 fully saturated rings. The molecule has 7 nitrogen and oxygen atoms in total. The van der Waals surface area contributed by atoms with Gasteiger partial charge in [0.25, 0.3) is 5.91 Å². The average Bonchev–Trinajstić information content (AvgIpc) is 3.37. The van der Waals surface area contributed by atoms with Crippen LogP contribution in [-0.2, 0) is 10.0 Å². The topological polar surface area (TPSA) is 92.3 Å². The van der Waals surface area contributed by atoms with E-state index in [2.05, 4.69) is 15.5 Å². The largest absolute Gasteiger partial charge is 0.320 e. The molecule has 0 spiro atoms. The maximum absolute atomic E-state index is 13.4. The van der Waals surface area contributed by atoms with Gasteiger partial charge in [-0.25, -0.2) is 8.42 Å². The fourth-order valence-electron chi connectivity index (χ4n) is 3.70. The molecule has 162 valence electrons. The molecule has 4 rings (SSSR count). The van der Waals surface area contributed by atoms with Crippen LogP contribution in [0.1, 0.15) is 44.8 Å². The monoisotopic (exact) mass is 476 g/mol. The zero-order valence-electron chi connectivity index (χ0n) is 17.0. The Bertz CT molecular complexity index is 1240. The first kappa shape index (κ1) is 21.9. The van der Waals surface area contributed by atoms with E-state index in [1.807, 2.05) is 13.0 Å². The average molecular weight is 477 g/mol. The number of halogens is 1. The van der Waals surface area contributed by atoms with Gasteiger partial charge in [0.2, 0.25) is 15.0 Å². The number of nitrogens with zero attached hydrogens (tertiary/aromatic N) is 3. The van der Waals surface area contributed by atoms with Crippen molar-refractivity contribution < 1.29 is 13.2 Å². The van der Waals surface area contributed by atoms with Crippen LogP contribution in [0.15, 0.2) is 47.4 Å². The Kier molecular flexibility index (Phi) is 6.11. The first-order valence-electron chi connectivity index (χ1n) is 9.75. The van der Waals surface area contributed by atoms with Gasteiger partial charge in [-0.15, -0.1) is 10.2 Å². The fraction of sp³-hybridized carbons (Fsp3) is 0.286. The molecule has 31 heavy (non-hydrogen) atoms. The Morgan fingerprint density at radius 3 is 2.74 bits per heavy atom. The highest BCUT2D eigenvalue weighted by Gasteiger charge is 2.39. The molecule has 1 unspecified atom stereocenters. The smallest absolute Gasteiger partial charge is 0.286 e. The first-order valence-corrected chi connectivity index (χ1v) is 12.4. The van der Waals surface area contributed by atoms with E-state index in [0.29, 0.717) is 39.1 Å². The molecule has 1 atom stereocenters. The Balaban J connectivity index is 1.57. The quantitative estimate of drug-likeness (QED) is 0.581. The molecule has 3 aromatic rings. The van der Waals surface area contributed by atoms with Crippen LogP contribution in [0.3, 0.4) is 0 Å². The van der Waals surface area contributed by atoms with Crippen LogP contribution in [0.25, 0.3) is 0 Å². The number of benzene rings is 2. The molecule has 1 aromatic heterocycles. The van der Waals surface area contributed by atoms with Gasteiger partial charge in [0.15, 0.2) is 0 Å². The summed E-state index contributed by atoms with van der Waals surface area (Å²) in [6.45, 7) is 4.14. The molecule has 0 aliphatic carbocycles. The van der Waals surface area contributed by atoms with E-state index >= 15 is 0 Å². The minimum Gasteiger partial charge on any atom is -0.320 e. The van der Waals surface area contributed by atoms with E-state index in [9.17, 15) is 13.2 Å². The molecular weight excluding hydrogens is 456 g/mol. The van der Waals surface area contributed by atoms with Crippen LogP contribution >= 0.6 is 22.9 Å². The summed E-state index contributed by atoms with van der Waals surface area (Å²) in [5.74, 6) is -0.409. The van der Waals surface area contributed by atoms with E-state index in [1.54, 1.807) is 43.3 Å². The predicted octanol–water partition coefficient (Wildman–Crippen LogP) is 4.59. The number of carbonyl (C=O) groups is 1. The maximum Gasteiger partial charge on any atom is 0.286 e. The van der Waals surface area contributed by atoms with Crippen molar-refractivity contribution in [3.05, 3.63) is 68.6 Å². The van der Waals surface area contributed by atoms with Gasteiger partial charge in [0, 0.05) is 17.3 Å². The van der Waals surface area contributed by atoms with Crippen molar-refractivity contribution in [2.75, 3.05) is 11.9 Å². The minimum atomic E-state index is -3.69. The lowest BCUT2D eigenvalue weighted by Gasteiger charge is -2.23. The van der Waals surface area contributed by atoms with Crippen LogP contribution in [0, 0.1) is 13.8 Å². The minimum absolute atomic E-state index is 0.172. The molecule has 2 heterocycles. The third-order valence-electron chi connectivity index (χ3n) is 5.12. The van der Waals surface area contributed by atoms with Crippen molar-refractivity contribution in [1.29, 1.82) is 0 Å². The molecule has 1 aliphatic rings. The lowest BCUT2D eigenvalue weighted by atomic mass is 10.2. The summed E-state index contributed by atoms with van der Waals surface area (Å²) in [7, 11) is -3.69. The summed E-state index contributed by atoms with van der Waals surface area (Å²) in [6.07, 6.45) is 1.35. The number of rotatable bonds is 5.